The largest absolute Gasteiger partial charge is 0.504 e. The number of phenolic OH excluding ortho intramolecular Hbond substituents is 2. The number of hydrogen-bond acceptors (Lipinski definition) is 4. The van der Waals surface area contributed by atoms with E-state index >= 15 is 0 Å². The molecule has 0 radical (unpaired) electrons. The number of hydrazone groups is 1. The van der Waals surface area contributed by atoms with E-state index in [-0.39, 0.29) is 16.5 Å². The molecule has 0 aromatic heterocycles. The number of halogens is 1. The van der Waals surface area contributed by atoms with Crippen molar-refractivity contribution in [3.8, 4) is 11.5 Å². The second-order valence-electron chi connectivity index (χ2n) is 4.20. The minimum Gasteiger partial charge on any atom is -0.504 e. The van der Waals surface area contributed by atoms with Crippen LogP contribution in [0.4, 0.5) is 0 Å². The molecule has 20 heavy (non-hydrogen) atoms. The fraction of sp³-hybridized carbons (Fsp3) is 0.385. The fourth-order valence-corrected chi connectivity index (χ4v) is 1.84. The highest BCUT2D eigenvalue weighted by Crippen LogP contribution is 2.33. The molecule has 0 unspecified atom stereocenters. The van der Waals surface area contributed by atoms with Crippen molar-refractivity contribution in [2.24, 2.45) is 5.10 Å². The van der Waals surface area contributed by atoms with Gasteiger partial charge in [-0.1, -0.05) is 31.4 Å². The summed E-state index contributed by atoms with van der Waals surface area (Å²) in [6.07, 6.45) is 4.82. The van der Waals surface area contributed by atoms with Crippen LogP contribution in [0.1, 0.15) is 31.7 Å². The van der Waals surface area contributed by atoms with Crippen LogP contribution < -0.4 is 10.7 Å². The van der Waals surface area contributed by atoms with Crippen molar-refractivity contribution in [1.82, 2.24) is 10.7 Å². The highest BCUT2D eigenvalue weighted by Gasteiger charge is 2.05. The lowest BCUT2D eigenvalue weighted by atomic mass is 10.2. The summed E-state index contributed by atoms with van der Waals surface area (Å²) in [6, 6.07) is 2.84. The molecule has 1 aromatic carbocycles. The summed E-state index contributed by atoms with van der Waals surface area (Å²) in [7, 11) is 0. The maximum absolute atomic E-state index is 9.40. The van der Waals surface area contributed by atoms with Crippen molar-refractivity contribution in [3.63, 3.8) is 0 Å². The molecule has 0 atom stereocenters. The van der Waals surface area contributed by atoms with E-state index in [0.717, 1.165) is 25.8 Å². The molecule has 7 heteroatoms. The molecule has 0 aliphatic carbocycles. The number of phenols is 2. The zero-order valence-corrected chi connectivity index (χ0v) is 12.8. The predicted octanol–water partition coefficient (Wildman–Crippen LogP) is 2.74. The molecule has 0 amide bonds. The van der Waals surface area contributed by atoms with Crippen molar-refractivity contribution in [1.29, 1.82) is 0 Å². The molecule has 0 spiro atoms. The van der Waals surface area contributed by atoms with E-state index in [1.54, 1.807) is 0 Å². The molecule has 0 aliphatic heterocycles. The number of rotatable bonds is 6. The second kappa shape index (κ2) is 8.60. The van der Waals surface area contributed by atoms with Gasteiger partial charge in [-0.25, -0.2) is 0 Å². The van der Waals surface area contributed by atoms with Gasteiger partial charge < -0.3 is 15.5 Å². The van der Waals surface area contributed by atoms with Gasteiger partial charge in [0.15, 0.2) is 16.6 Å². The molecule has 1 rings (SSSR count). The second-order valence-corrected chi connectivity index (χ2v) is 5.02. The Kier molecular flexibility index (Phi) is 7.11. The third-order valence-electron chi connectivity index (χ3n) is 2.51. The van der Waals surface area contributed by atoms with Gasteiger partial charge in [-0.05, 0) is 36.3 Å². The minimum atomic E-state index is -0.343. The zero-order valence-electron chi connectivity index (χ0n) is 11.2. The quantitative estimate of drug-likeness (QED) is 0.213. The van der Waals surface area contributed by atoms with Crippen LogP contribution in [0.5, 0.6) is 11.5 Å². The lowest BCUT2D eigenvalue weighted by molar-refractivity contribution is 0.404. The third kappa shape index (κ3) is 5.63. The van der Waals surface area contributed by atoms with Crippen LogP contribution in [0.3, 0.4) is 0 Å². The smallest absolute Gasteiger partial charge is 0.186 e. The van der Waals surface area contributed by atoms with Crippen LogP contribution in [0.25, 0.3) is 0 Å². The van der Waals surface area contributed by atoms with E-state index in [1.165, 1.54) is 18.3 Å². The van der Waals surface area contributed by atoms with Crippen molar-refractivity contribution in [2.75, 3.05) is 6.54 Å². The summed E-state index contributed by atoms with van der Waals surface area (Å²) < 4.78 is 0. The highest BCUT2D eigenvalue weighted by molar-refractivity contribution is 7.80. The Hall–Kier alpha value is -1.53. The first-order chi connectivity index (χ1) is 9.54. The van der Waals surface area contributed by atoms with E-state index in [4.69, 9.17) is 23.8 Å². The van der Waals surface area contributed by atoms with Gasteiger partial charge >= 0.3 is 0 Å². The van der Waals surface area contributed by atoms with Crippen LogP contribution in [0, 0.1) is 0 Å². The zero-order chi connectivity index (χ0) is 15.0. The topological polar surface area (TPSA) is 76.9 Å². The van der Waals surface area contributed by atoms with Gasteiger partial charge in [0.25, 0.3) is 0 Å². The fourth-order valence-electron chi connectivity index (χ4n) is 1.46. The Balaban J connectivity index is 2.43. The maximum atomic E-state index is 9.40. The number of aromatic hydroxyl groups is 2. The standard InChI is InChI=1S/C13H18ClN3O2S/c1-2-3-4-5-15-13(20)17-16-8-9-6-10(14)12(19)11(18)7-9/h6-8,18-19H,2-5H2,1H3,(H2,15,17,20)/b16-8+. The monoisotopic (exact) mass is 315 g/mol. The molecule has 4 N–H and O–H groups in total. The molecule has 0 bridgehead atoms. The number of nitrogens with one attached hydrogen (secondary N) is 2. The molecule has 0 heterocycles. The van der Waals surface area contributed by atoms with Crippen LogP contribution in [0.2, 0.25) is 5.02 Å². The van der Waals surface area contributed by atoms with E-state index in [0.29, 0.717) is 10.7 Å². The molecular formula is C13H18ClN3O2S. The lowest BCUT2D eigenvalue weighted by Gasteiger charge is -2.06. The van der Waals surface area contributed by atoms with Gasteiger partial charge in [0.2, 0.25) is 0 Å². The molecular weight excluding hydrogens is 298 g/mol. The van der Waals surface area contributed by atoms with Crippen LogP contribution in [-0.2, 0) is 0 Å². The number of nitrogens with zero attached hydrogens (tertiary/aromatic N) is 1. The summed E-state index contributed by atoms with van der Waals surface area (Å²) in [5.74, 6) is -0.635. The van der Waals surface area contributed by atoms with Crippen LogP contribution >= 0.6 is 23.8 Å². The van der Waals surface area contributed by atoms with Gasteiger partial charge in [-0.3, -0.25) is 5.43 Å². The minimum absolute atomic E-state index is 0.0618. The van der Waals surface area contributed by atoms with Crippen LogP contribution in [-0.4, -0.2) is 28.1 Å². The Morgan fingerprint density at radius 3 is 2.80 bits per heavy atom. The number of benzene rings is 1. The summed E-state index contributed by atoms with van der Waals surface area (Å²) in [6.45, 7) is 2.94. The number of hydrogen-bond donors (Lipinski definition) is 4. The molecule has 110 valence electrons. The molecule has 1 aromatic rings. The van der Waals surface area contributed by atoms with Gasteiger partial charge in [0.1, 0.15) is 0 Å². The average molecular weight is 316 g/mol. The molecule has 0 fully saturated rings. The van der Waals surface area contributed by atoms with Crippen LogP contribution in [0.15, 0.2) is 17.2 Å². The highest BCUT2D eigenvalue weighted by atomic mass is 35.5. The van der Waals surface area contributed by atoms with Crippen molar-refractivity contribution < 1.29 is 10.2 Å². The van der Waals surface area contributed by atoms with E-state index < -0.39 is 0 Å². The number of unbranched alkanes of at least 4 members (excludes halogenated alkanes) is 2. The first-order valence-corrected chi connectivity index (χ1v) is 7.11. The normalized spacial score (nSPS) is 10.7. The first-order valence-electron chi connectivity index (χ1n) is 6.33. The van der Waals surface area contributed by atoms with Crippen molar-refractivity contribution in [3.05, 3.63) is 22.7 Å². The van der Waals surface area contributed by atoms with Gasteiger partial charge in [0.05, 0.1) is 11.2 Å². The summed E-state index contributed by atoms with van der Waals surface area (Å²) in [5.41, 5.74) is 3.21. The molecule has 5 nitrogen and oxygen atoms in total. The molecule has 0 aliphatic rings. The van der Waals surface area contributed by atoms with E-state index in [2.05, 4.69) is 22.8 Å². The van der Waals surface area contributed by atoms with Crippen molar-refractivity contribution in [2.45, 2.75) is 26.2 Å². The van der Waals surface area contributed by atoms with E-state index in [9.17, 15) is 10.2 Å². The Labute approximate surface area is 128 Å². The van der Waals surface area contributed by atoms with E-state index in [1.807, 2.05) is 0 Å². The lowest BCUT2D eigenvalue weighted by Crippen LogP contribution is -2.32. The molecule has 0 saturated carbocycles. The Morgan fingerprint density at radius 2 is 2.15 bits per heavy atom. The Bertz CT molecular complexity index is 471. The van der Waals surface area contributed by atoms with Gasteiger partial charge in [-0.2, -0.15) is 5.10 Å². The predicted molar refractivity (Wildman–Crippen MR) is 85.6 cm³/mol. The van der Waals surface area contributed by atoms with Gasteiger partial charge in [-0.15, -0.1) is 0 Å². The third-order valence-corrected chi connectivity index (χ3v) is 3.03. The molecule has 0 saturated heterocycles. The summed E-state index contributed by atoms with van der Waals surface area (Å²) in [5, 5.41) is 26.2. The SMILES string of the molecule is CCCCCNC(=S)N/N=C/c1cc(O)c(O)c(Cl)c1. The first kappa shape index (κ1) is 16.5. The van der Waals surface area contributed by atoms with Gasteiger partial charge in [0, 0.05) is 6.54 Å². The summed E-state index contributed by atoms with van der Waals surface area (Å²) >= 11 is 10.8. The summed E-state index contributed by atoms with van der Waals surface area (Å²) in [4.78, 5) is 0. The maximum Gasteiger partial charge on any atom is 0.186 e. The van der Waals surface area contributed by atoms with Crippen molar-refractivity contribution >= 4 is 35.1 Å². The average Bonchev–Trinajstić information content (AvgIpc) is 2.41. The number of thiocarbonyl (C=S) groups is 1. The Morgan fingerprint density at radius 1 is 1.40 bits per heavy atom.